The first-order valence-electron chi connectivity index (χ1n) is 8.12. The number of amides is 3. The van der Waals surface area contributed by atoms with E-state index in [1.54, 1.807) is 11.3 Å². The van der Waals surface area contributed by atoms with Gasteiger partial charge in [0.25, 0.3) is 0 Å². The fourth-order valence-electron chi connectivity index (χ4n) is 2.70. The molecule has 5 nitrogen and oxygen atoms in total. The van der Waals surface area contributed by atoms with E-state index in [2.05, 4.69) is 27.6 Å². The van der Waals surface area contributed by atoms with Crippen molar-refractivity contribution in [2.75, 3.05) is 0 Å². The molecule has 2 rings (SSSR count). The van der Waals surface area contributed by atoms with Crippen molar-refractivity contribution < 1.29 is 9.59 Å². The third-order valence-corrected chi connectivity index (χ3v) is 4.85. The van der Waals surface area contributed by atoms with E-state index < -0.39 is 0 Å². The largest absolute Gasteiger partial charge is 0.334 e. The number of hydrogen-bond donors (Lipinski definition) is 3. The van der Waals surface area contributed by atoms with E-state index in [0.29, 0.717) is 6.42 Å². The lowest BCUT2D eigenvalue weighted by molar-refractivity contribution is -0.121. The van der Waals surface area contributed by atoms with Crippen LogP contribution >= 0.6 is 11.3 Å². The summed E-state index contributed by atoms with van der Waals surface area (Å²) in [5.41, 5.74) is 4.90. The van der Waals surface area contributed by atoms with Crippen LogP contribution in [0.3, 0.4) is 0 Å². The van der Waals surface area contributed by atoms with E-state index in [1.807, 2.05) is 6.07 Å². The number of aryl methyl sites for hydroxylation is 1. The molecular weight excluding hydrogens is 298 g/mol. The van der Waals surface area contributed by atoms with Crippen molar-refractivity contribution in [1.82, 2.24) is 16.2 Å². The number of urea groups is 1. The summed E-state index contributed by atoms with van der Waals surface area (Å²) in [4.78, 5) is 24.7. The molecule has 1 aliphatic carbocycles. The van der Waals surface area contributed by atoms with Crippen LogP contribution in [0.2, 0.25) is 0 Å². The smallest absolute Gasteiger partial charge is 0.333 e. The van der Waals surface area contributed by atoms with Gasteiger partial charge in [-0.1, -0.05) is 25.3 Å². The lowest BCUT2D eigenvalue weighted by Crippen LogP contribution is -2.50. The summed E-state index contributed by atoms with van der Waals surface area (Å²) in [6.07, 6.45) is 8.92. The highest BCUT2D eigenvalue weighted by atomic mass is 32.1. The number of thiophene rings is 1. The van der Waals surface area contributed by atoms with Crippen LogP contribution in [-0.4, -0.2) is 18.0 Å². The van der Waals surface area contributed by atoms with Crippen LogP contribution in [0.4, 0.5) is 4.79 Å². The maximum Gasteiger partial charge on any atom is 0.333 e. The second kappa shape index (κ2) is 9.46. The fourth-order valence-corrected chi connectivity index (χ4v) is 3.45. The lowest BCUT2D eigenvalue weighted by atomic mass is 9.96. The van der Waals surface area contributed by atoms with Crippen LogP contribution in [-0.2, 0) is 11.2 Å². The molecular formula is C16H25N3O2S. The number of hydrazine groups is 1. The molecule has 6 heteroatoms. The van der Waals surface area contributed by atoms with Gasteiger partial charge in [0.2, 0.25) is 5.91 Å². The summed E-state index contributed by atoms with van der Waals surface area (Å²) >= 11 is 1.75. The van der Waals surface area contributed by atoms with Crippen molar-refractivity contribution in [2.24, 2.45) is 0 Å². The molecule has 22 heavy (non-hydrogen) atoms. The standard InChI is InChI=1S/C16H25N3O2S/c20-15(11-5-4-9-14-10-6-12-22-14)18-19-16(21)17-13-7-2-1-3-8-13/h6,10,12-13H,1-5,7-9,11H2,(H,18,20)(H2,17,19,21). The van der Waals surface area contributed by atoms with Crippen LogP contribution in [0.5, 0.6) is 0 Å². The number of nitrogens with one attached hydrogen (secondary N) is 3. The van der Waals surface area contributed by atoms with Crippen molar-refractivity contribution in [2.45, 2.75) is 63.8 Å². The minimum atomic E-state index is -0.307. The van der Waals surface area contributed by atoms with Gasteiger partial charge in [-0.15, -0.1) is 11.3 Å². The molecule has 1 fully saturated rings. The zero-order valence-electron chi connectivity index (χ0n) is 12.9. The molecule has 0 aromatic carbocycles. The topological polar surface area (TPSA) is 70.2 Å². The van der Waals surface area contributed by atoms with Crippen LogP contribution in [0, 0.1) is 0 Å². The van der Waals surface area contributed by atoms with Gasteiger partial charge in [-0.3, -0.25) is 10.2 Å². The highest BCUT2D eigenvalue weighted by Gasteiger charge is 2.15. The SMILES string of the molecule is O=C(CCCCc1cccs1)NNC(=O)NC1CCCCC1. The Bertz CT molecular complexity index is 456. The predicted molar refractivity (Wildman–Crippen MR) is 88.6 cm³/mol. The van der Waals surface area contributed by atoms with E-state index >= 15 is 0 Å². The summed E-state index contributed by atoms with van der Waals surface area (Å²) < 4.78 is 0. The van der Waals surface area contributed by atoms with Gasteiger partial charge >= 0.3 is 6.03 Å². The van der Waals surface area contributed by atoms with E-state index in [1.165, 1.54) is 24.1 Å². The van der Waals surface area contributed by atoms with Crippen molar-refractivity contribution >= 4 is 23.3 Å². The fraction of sp³-hybridized carbons (Fsp3) is 0.625. The average Bonchev–Trinajstić information content (AvgIpc) is 3.04. The molecule has 0 bridgehead atoms. The predicted octanol–water partition coefficient (Wildman–Crippen LogP) is 3.12. The normalized spacial score (nSPS) is 15.3. The maximum atomic E-state index is 11.7. The van der Waals surface area contributed by atoms with Crippen LogP contribution < -0.4 is 16.2 Å². The Morgan fingerprint density at radius 1 is 1.14 bits per heavy atom. The highest BCUT2D eigenvalue weighted by molar-refractivity contribution is 7.09. The Balaban J connectivity index is 1.50. The van der Waals surface area contributed by atoms with Gasteiger partial charge in [-0.25, -0.2) is 10.2 Å². The number of rotatable bonds is 6. The molecule has 0 aliphatic heterocycles. The first-order chi connectivity index (χ1) is 10.7. The van der Waals surface area contributed by atoms with Crippen molar-refractivity contribution in [3.63, 3.8) is 0 Å². The minimum absolute atomic E-state index is 0.134. The monoisotopic (exact) mass is 323 g/mol. The van der Waals surface area contributed by atoms with Gasteiger partial charge in [-0.2, -0.15) is 0 Å². The summed E-state index contributed by atoms with van der Waals surface area (Å²) in [6, 6.07) is 4.10. The van der Waals surface area contributed by atoms with E-state index in [9.17, 15) is 9.59 Å². The van der Waals surface area contributed by atoms with Crippen molar-refractivity contribution in [1.29, 1.82) is 0 Å². The lowest BCUT2D eigenvalue weighted by Gasteiger charge is -2.22. The van der Waals surface area contributed by atoms with E-state index in [-0.39, 0.29) is 18.0 Å². The second-order valence-corrected chi connectivity index (χ2v) is 6.80. The molecule has 0 spiro atoms. The molecule has 0 saturated heterocycles. The second-order valence-electron chi connectivity index (χ2n) is 5.77. The third-order valence-electron chi connectivity index (χ3n) is 3.91. The summed E-state index contributed by atoms with van der Waals surface area (Å²) in [7, 11) is 0. The van der Waals surface area contributed by atoms with Crippen molar-refractivity contribution in [3.05, 3.63) is 22.4 Å². The number of carbonyl (C=O) groups is 2. The van der Waals surface area contributed by atoms with Gasteiger partial charge in [0, 0.05) is 17.3 Å². The zero-order valence-corrected chi connectivity index (χ0v) is 13.7. The first-order valence-corrected chi connectivity index (χ1v) is 9.00. The number of carbonyl (C=O) groups excluding carboxylic acids is 2. The summed E-state index contributed by atoms with van der Waals surface area (Å²) in [5.74, 6) is -0.134. The Hall–Kier alpha value is -1.56. The van der Waals surface area contributed by atoms with Crippen LogP contribution in [0.1, 0.15) is 56.2 Å². The molecule has 3 N–H and O–H groups in total. The average molecular weight is 323 g/mol. The molecule has 122 valence electrons. The highest BCUT2D eigenvalue weighted by Crippen LogP contribution is 2.17. The van der Waals surface area contributed by atoms with Crippen LogP contribution in [0.15, 0.2) is 17.5 Å². The molecule has 1 aromatic rings. The maximum absolute atomic E-state index is 11.7. The minimum Gasteiger partial charge on any atom is -0.334 e. The summed E-state index contributed by atoms with van der Waals surface area (Å²) in [6.45, 7) is 0. The van der Waals surface area contributed by atoms with Crippen LogP contribution in [0.25, 0.3) is 0 Å². The van der Waals surface area contributed by atoms with Crippen molar-refractivity contribution in [3.8, 4) is 0 Å². The van der Waals surface area contributed by atoms with Gasteiger partial charge in [0.05, 0.1) is 0 Å². The zero-order chi connectivity index (χ0) is 15.6. The molecule has 1 saturated carbocycles. The van der Waals surface area contributed by atoms with Gasteiger partial charge in [-0.05, 0) is 43.6 Å². The van der Waals surface area contributed by atoms with E-state index in [4.69, 9.17) is 0 Å². The van der Waals surface area contributed by atoms with Gasteiger partial charge < -0.3 is 5.32 Å². The number of unbranched alkanes of at least 4 members (excludes halogenated alkanes) is 1. The first kappa shape index (κ1) is 16.8. The third kappa shape index (κ3) is 6.47. The summed E-state index contributed by atoms with van der Waals surface area (Å²) in [5, 5.41) is 4.96. The molecule has 1 heterocycles. The van der Waals surface area contributed by atoms with Gasteiger partial charge in [0.15, 0.2) is 0 Å². The Labute approximate surface area is 135 Å². The van der Waals surface area contributed by atoms with E-state index in [0.717, 1.165) is 32.1 Å². The Morgan fingerprint density at radius 2 is 1.95 bits per heavy atom. The molecule has 1 aliphatic rings. The molecule has 0 unspecified atom stereocenters. The Kier molecular flexibility index (Phi) is 7.22. The molecule has 3 amide bonds. The Morgan fingerprint density at radius 3 is 2.68 bits per heavy atom. The van der Waals surface area contributed by atoms with Gasteiger partial charge in [0.1, 0.15) is 0 Å². The molecule has 0 atom stereocenters. The molecule has 1 aromatic heterocycles. The number of hydrogen-bond acceptors (Lipinski definition) is 3. The molecule has 0 radical (unpaired) electrons. The quantitative estimate of drug-likeness (QED) is 0.556.